The molecule has 0 aliphatic rings. The van der Waals surface area contributed by atoms with Gasteiger partial charge >= 0.3 is 0 Å². The van der Waals surface area contributed by atoms with Crippen molar-refractivity contribution in [2.24, 2.45) is 5.92 Å². The van der Waals surface area contributed by atoms with E-state index in [1.807, 2.05) is 13.8 Å². The zero-order valence-electron chi connectivity index (χ0n) is 11.0. The maximum Gasteiger partial charge on any atom is 0.287 e. The maximum absolute atomic E-state index is 11.8. The second-order valence-electron chi connectivity index (χ2n) is 4.54. The minimum absolute atomic E-state index is 0.0654. The molecule has 0 saturated carbocycles. The van der Waals surface area contributed by atoms with Crippen LogP contribution in [-0.4, -0.2) is 30.7 Å². The predicted octanol–water partition coefficient (Wildman–Crippen LogP) is 0.739. The molecule has 6 heteroatoms. The Morgan fingerprint density at radius 3 is 2.68 bits per heavy atom. The van der Waals surface area contributed by atoms with Crippen LogP contribution in [0.15, 0.2) is 22.8 Å². The van der Waals surface area contributed by atoms with Crippen LogP contribution in [0.2, 0.25) is 0 Å². The number of rotatable bonds is 7. The standard InChI is InChI=1S/C13H18N2O4/c1-9(2)8-10(12(17)14-5-6-16)15-13(18)11-4-3-7-19-11/h3-4,6-7,9-10H,5,8H2,1-2H3,(H,14,17)(H,15,18)/t10-/m0/s1. The molecule has 1 aromatic heterocycles. The molecule has 19 heavy (non-hydrogen) atoms. The fraction of sp³-hybridized carbons (Fsp3) is 0.462. The molecule has 1 aromatic rings. The normalized spacial score (nSPS) is 11.9. The first-order chi connectivity index (χ1) is 9.04. The lowest BCUT2D eigenvalue weighted by Gasteiger charge is -2.19. The zero-order chi connectivity index (χ0) is 14.3. The molecular weight excluding hydrogens is 248 g/mol. The van der Waals surface area contributed by atoms with Gasteiger partial charge in [0.05, 0.1) is 12.8 Å². The highest BCUT2D eigenvalue weighted by Crippen LogP contribution is 2.07. The summed E-state index contributed by atoms with van der Waals surface area (Å²) in [5, 5.41) is 5.03. The molecular formula is C13H18N2O4. The Morgan fingerprint density at radius 2 is 2.16 bits per heavy atom. The summed E-state index contributed by atoms with van der Waals surface area (Å²) in [5.74, 6) is -0.446. The van der Waals surface area contributed by atoms with E-state index in [0.717, 1.165) is 0 Å². The lowest BCUT2D eigenvalue weighted by molar-refractivity contribution is -0.124. The molecule has 0 bridgehead atoms. The lowest BCUT2D eigenvalue weighted by Crippen LogP contribution is -2.47. The largest absolute Gasteiger partial charge is 0.459 e. The third kappa shape index (κ3) is 4.95. The third-order valence-electron chi connectivity index (χ3n) is 2.43. The Labute approximate surface area is 111 Å². The molecule has 0 spiro atoms. The van der Waals surface area contributed by atoms with E-state index in [9.17, 15) is 14.4 Å². The number of hydrogen-bond donors (Lipinski definition) is 2. The van der Waals surface area contributed by atoms with E-state index in [1.54, 1.807) is 6.07 Å². The molecule has 0 unspecified atom stereocenters. The molecule has 0 aliphatic heterocycles. The predicted molar refractivity (Wildman–Crippen MR) is 68.5 cm³/mol. The smallest absolute Gasteiger partial charge is 0.287 e. The van der Waals surface area contributed by atoms with E-state index < -0.39 is 11.9 Å². The van der Waals surface area contributed by atoms with E-state index >= 15 is 0 Å². The molecule has 2 amide bonds. The first kappa shape index (κ1) is 14.9. The van der Waals surface area contributed by atoms with Gasteiger partial charge in [-0.2, -0.15) is 0 Å². The van der Waals surface area contributed by atoms with E-state index in [0.29, 0.717) is 12.7 Å². The fourth-order valence-electron chi connectivity index (χ4n) is 1.61. The van der Waals surface area contributed by atoms with Crippen molar-refractivity contribution in [2.45, 2.75) is 26.3 Å². The van der Waals surface area contributed by atoms with Gasteiger partial charge < -0.3 is 19.8 Å². The Hall–Kier alpha value is -2.11. The van der Waals surface area contributed by atoms with Crippen LogP contribution in [-0.2, 0) is 9.59 Å². The lowest BCUT2D eigenvalue weighted by atomic mass is 10.0. The molecule has 2 N–H and O–H groups in total. The minimum atomic E-state index is -0.683. The van der Waals surface area contributed by atoms with Crippen molar-refractivity contribution < 1.29 is 18.8 Å². The van der Waals surface area contributed by atoms with Crippen molar-refractivity contribution in [3.8, 4) is 0 Å². The minimum Gasteiger partial charge on any atom is -0.459 e. The highest BCUT2D eigenvalue weighted by Gasteiger charge is 2.23. The molecule has 0 aromatic carbocycles. The van der Waals surface area contributed by atoms with Gasteiger partial charge in [0.1, 0.15) is 12.3 Å². The molecule has 104 valence electrons. The first-order valence-corrected chi connectivity index (χ1v) is 6.10. The van der Waals surface area contributed by atoms with Gasteiger partial charge in [-0.3, -0.25) is 9.59 Å². The summed E-state index contributed by atoms with van der Waals surface area (Å²) in [6.45, 7) is 3.82. The van der Waals surface area contributed by atoms with Crippen molar-refractivity contribution in [3.05, 3.63) is 24.2 Å². The Bertz CT molecular complexity index is 426. The van der Waals surface area contributed by atoms with Crippen molar-refractivity contribution in [3.63, 3.8) is 0 Å². The molecule has 6 nitrogen and oxygen atoms in total. The average Bonchev–Trinajstić information content (AvgIpc) is 2.88. The van der Waals surface area contributed by atoms with Gasteiger partial charge in [0, 0.05) is 0 Å². The molecule has 0 fully saturated rings. The quantitative estimate of drug-likeness (QED) is 0.712. The molecule has 0 aliphatic carbocycles. The van der Waals surface area contributed by atoms with Gasteiger partial charge in [-0.15, -0.1) is 0 Å². The number of nitrogens with one attached hydrogen (secondary N) is 2. The average molecular weight is 266 g/mol. The number of carbonyl (C=O) groups excluding carboxylic acids is 3. The zero-order valence-corrected chi connectivity index (χ0v) is 11.0. The van der Waals surface area contributed by atoms with Crippen LogP contribution < -0.4 is 10.6 Å². The van der Waals surface area contributed by atoms with Crippen LogP contribution in [0, 0.1) is 5.92 Å². The first-order valence-electron chi connectivity index (χ1n) is 6.10. The molecule has 1 rings (SSSR count). The Morgan fingerprint density at radius 1 is 1.42 bits per heavy atom. The van der Waals surface area contributed by atoms with Crippen LogP contribution in [0.4, 0.5) is 0 Å². The summed E-state index contributed by atoms with van der Waals surface area (Å²) in [7, 11) is 0. The van der Waals surface area contributed by atoms with Gasteiger partial charge in [-0.25, -0.2) is 0 Å². The van der Waals surface area contributed by atoms with Crippen molar-refractivity contribution >= 4 is 18.1 Å². The molecule has 1 atom stereocenters. The van der Waals surface area contributed by atoms with Crippen LogP contribution in [0.5, 0.6) is 0 Å². The van der Waals surface area contributed by atoms with Gasteiger partial charge in [-0.1, -0.05) is 13.8 Å². The number of aldehydes is 1. The number of furan rings is 1. The van der Waals surface area contributed by atoms with Gasteiger partial charge in [0.25, 0.3) is 5.91 Å². The number of hydrogen-bond acceptors (Lipinski definition) is 4. The van der Waals surface area contributed by atoms with Crippen molar-refractivity contribution in [1.82, 2.24) is 10.6 Å². The summed E-state index contributed by atoms with van der Waals surface area (Å²) in [6.07, 6.45) is 2.47. The summed E-state index contributed by atoms with van der Waals surface area (Å²) in [4.78, 5) is 33.9. The van der Waals surface area contributed by atoms with Crippen LogP contribution >= 0.6 is 0 Å². The SMILES string of the molecule is CC(C)C[C@H](NC(=O)c1ccco1)C(=O)NCC=O. The second-order valence-corrected chi connectivity index (χ2v) is 4.54. The summed E-state index contributed by atoms with van der Waals surface area (Å²) < 4.78 is 4.96. The fourth-order valence-corrected chi connectivity index (χ4v) is 1.61. The molecule has 1 heterocycles. The highest BCUT2D eigenvalue weighted by atomic mass is 16.3. The van der Waals surface area contributed by atoms with E-state index in [1.165, 1.54) is 12.3 Å². The van der Waals surface area contributed by atoms with Gasteiger partial charge in [0.2, 0.25) is 5.91 Å². The van der Waals surface area contributed by atoms with E-state index in [4.69, 9.17) is 4.42 Å². The number of amides is 2. The van der Waals surface area contributed by atoms with Crippen LogP contribution in [0.25, 0.3) is 0 Å². The Balaban J connectivity index is 2.65. The van der Waals surface area contributed by atoms with E-state index in [2.05, 4.69) is 10.6 Å². The van der Waals surface area contributed by atoms with Crippen molar-refractivity contribution in [2.75, 3.05) is 6.54 Å². The molecule has 0 saturated heterocycles. The number of carbonyl (C=O) groups is 3. The Kier molecular flexibility index (Phi) is 5.78. The second kappa shape index (κ2) is 7.35. The van der Waals surface area contributed by atoms with Crippen molar-refractivity contribution in [1.29, 1.82) is 0 Å². The van der Waals surface area contributed by atoms with Gasteiger partial charge in [-0.05, 0) is 24.5 Å². The van der Waals surface area contributed by atoms with Gasteiger partial charge in [0.15, 0.2) is 5.76 Å². The summed E-state index contributed by atoms with van der Waals surface area (Å²) >= 11 is 0. The van der Waals surface area contributed by atoms with Crippen LogP contribution in [0.3, 0.4) is 0 Å². The maximum atomic E-state index is 11.8. The highest BCUT2D eigenvalue weighted by molar-refractivity contribution is 5.95. The summed E-state index contributed by atoms with van der Waals surface area (Å²) in [5.41, 5.74) is 0. The monoisotopic (exact) mass is 266 g/mol. The third-order valence-corrected chi connectivity index (χ3v) is 2.43. The van der Waals surface area contributed by atoms with Crippen LogP contribution in [0.1, 0.15) is 30.8 Å². The topological polar surface area (TPSA) is 88.4 Å². The summed E-state index contributed by atoms with van der Waals surface area (Å²) in [6, 6.07) is 2.43. The van der Waals surface area contributed by atoms with E-state index in [-0.39, 0.29) is 24.1 Å². The molecule has 0 radical (unpaired) electrons.